The van der Waals surface area contributed by atoms with Crippen molar-refractivity contribution in [2.75, 3.05) is 19.6 Å². The number of ketones is 1. The molecular weight excluding hydrogens is 471 g/mol. The van der Waals surface area contributed by atoms with Crippen LogP contribution in [0.3, 0.4) is 0 Å². The largest absolute Gasteiger partial charge is 0.343 e. The van der Waals surface area contributed by atoms with E-state index in [0.29, 0.717) is 47.1 Å². The van der Waals surface area contributed by atoms with Gasteiger partial charge >= 0.3 is 0 Å². The average molecular weight is 497 g/mol. The van der Waals surface area contributed by atoms with Crippen molar-refractivity contribution in [1.82, 2.24) is 9.62 Å². The number of likely N-dealkylation sites (tertiary alicyclic amines) is 1. The SMILES string of the molecule is Cc1ccc(S(=O)(=O)NCCC(=O)N2CCC(C(=O)c3ccc(Cl)c(Cl)c3)CC2)c(C)c1. The molecule has 1 aliphatic rings. The Morgan fingerprint density at radius 1 is 1.03 bits per heavy atom. The maximum atomic E-state index is 12.7. The van der Waals surface area contributed by atoms with E-state index in [9.17, 15) is 18.0 Å². The van der Waals surface area contributed by atoms with E-state index in [2.05, 4.69) is 4.72 Å². The normalized spacial score (nSPS) is 15.1. The fraction of sp³-hybridized carbons (Fsp3) is 0.391. The number of aryl methyl sites for hydroxylation is 2. The first kappa shape index (κ1) is 24.7. The number of hydrogen-bond donors (Lipinski definition) is 1. The third kappa shape index (κ3) is 5.90. The summed E-state index contributed by atoms with van der Waals surface area (Å²) in [4.78, 5) is 27.2. The van der Waals surface area contributed by atoms with Crippen molar-refractivity contribution in [3.63, 3.8) is 0 Å². The van der Waals surface area contributed by atoms with E-state index in [4.69, 9.17) is 23.2 Å². The number of benzene rings is 2. The fourth-order valence-electron chi connectivity index (χ4n) is 3.91. The smallest absolute Gasteiger partial charge is 0.240 e. The summed E-state index contributed by atoms with van der Waals surface area (Å²) in [6.07, 6.45) is 1.17. The number of sulfonamides is 1. The number of piperidine rings is 1. The molecule has 1 aliphatic heterocycles. The van der Waals surface area contributed by atoms with Crippen LogP contribution in [0.15, 0.2) is 41.3 Å². The maximum absolute atomic E-state index is 12.7. The molecule has 0 radical (unpaired) electrons. The Balaban J connectivity index is 1.49. The van der Waals surface area contributed by atoms with Crippen LogP contribution < -0.4 is 4.72 Å². The molecule has 0 aliphatic carbocycles. The summed E-state index contributed by atoms with van der Waals surface area (Å²) in [5.41, 5.74) is 2.17. The molecule has 0 spiro atoms. The Kier molecular flexibility index (Phi) is 7.98. The van der Waals surface area contributed by atoms with Crippen LogP contribution in [-0.4, -0.2) is 44.6 Å². The summed E-state index contributed by atoms with van der Waals surface area (Å²) in [5, 5.41) is 0.741. The fourth-order valence-corrected chi connectivity index (χ4v) is 5.46. The molecule has 3 rings (SSSR count). The minimum atomic E-state index is -3.68. The van der Waals surface area contributed by atoms with Crippen LogP contribution in [0.1, 0.15) is 40.7 Å². The van der Waals surface area contributed by atoms with Crippen LogP contribution in [0, 0.1) is 19.8 Å². The minimum absolute atomic E-state index is 0.00288. The number of hydrogen-bond acceptors (Lipinski definition) is 4. The summed E-state index contributed by atoms with van der Waals surface area (Å²) in [6.45, 7) is 4.59. The van der Waals surface area contributed by atoms with Crippen LogP contribution in [0.5, 0.6) is 0 Å². The molecule has 32 heavy (non-hydrogen) atoms. The predicted molar refractivity (Wildman–Crippen MR) is 126 cm³/mol. The maximum Gasteiger partial charge on any atom is 0.240 e. The monoisotopic (exact) mass is 496 g/mol. The second-order valence-electron chi connectivity index (χ2n) is 8.06. The lowest BCUT2D eigenvalue weighted by molar-refractivity contribution is -0.132. The highest BCUT2D eigenvalue weighted by molar-refractivity contribution is 7.89. The summed E-state index contributed by atoms with van der Waals surface area (Å²) >= 11 is 11.9. The van der Waals surface area contributed by atoms with Crippen molar-refractivity contribution in [2.45, 2.75) is 38.0 Å². The molecule has 0 aromatic heterocycles. The zero-order chi connectivity index (χ0) is 23.5. The van der Waals surface area contributed by atoms with E-state index < -0.39 is 10.0 Å². The van der Waals surface area contributed by atoms with Gasteiger partial charge < -0.3 is 4.90 Å². The molecule has 0 saturated carbocycles. The summed E-state index contributed by atoms with van der Waals surface area (Å²) in [6, 6.07) is 9.97. The summed E-state index contributed by atoms with van der Waals surface area (Å²) < 4.78 is 27.6. The van der Waals surface area contributed by atoms with E-state index in [0.717, 1.165) is 5.56 Å². The third-order valence-electron chi connectivity index (χ3n) is 5.67. The van der Waals surface area contributed by atoms with Crippen LogP contribution in [-0.2, 0) is 14.8 Å². The van der Waals surface area contributed by atoms with E-state index in [-0.39, 0.29) is 35.5 Å². The van der Waals surface area contributed by atoms with E-state index >= 15 is 0 Å². The van der Waals surface area contributed by atoms with E-state index in [1.807, 2.05) is 13.0 Å². The number of carbonyl (C=O) groups excluding carboxylic acids is 2. The Bertz CT molecular complexity index is 1130. The lowest BCUT2D eigenvalue weighted by atomic mass is 9.89. The van der Waals surface area contributed by atoms with Crippen LogP contribution in [0.25, 0.3) is 0 Å². The lowest BCUT2D eigenvalue weighted by Gasteiger charge is -2.31. The number of halogens is 2. The van der Waals surface area contributed by atoms with Gasteiger partial charge in [0.05, 0.1) is 14.9 Å². The Hall–Kier alpha value is -1.93. The first-order valence-electron chi connectivity index (χ1n) is 10.4. The van der Waals surface area contributed by atoms with Gasteiger partial charge in [-0.3, -0.25) is 9.59 Å². The van der Waals surface area contributed by atoms with Crippen molar-refractivity contribution in [2.24, 2.45) is 5.92 Å². The van der Waals surface area contributed by atoms with Gasteiger partial charge in [0.15, 0.2) is 5.78 Å². The van der Waals surface area contributed by atoms with Crippen molar-refractivity contribution in [3.8, 4) is 0 Å². The molecule has 1 N–H and O–H groups in total. The highest BCUT2D eigenvalue weighted by Gasteiger charge is 2.28. The number of Topliss-reactive ketones (excluding diaryl/α,β-unsaturated/α-hetero) is 1. The molecule has 1 saturated heterocycles. The molecule has 0 unspecified atom stereocenters. The summed E-state index contributed by atoms with van der Waals surface area (Å²) in [5.74, 6) is -0.315. The number of amides is 1. The molecule has 172 valence electrons. The predicted octanol–water partition coefficient (Wildman–Crippen LogP) is 4.40. The van der Waals surface area contributed by atoms with Gasteiger partial charge in [0.25, 0.3) is 0 Å². The standard InChI is InChI=1S/C23H26Cl2N2O4S/c1-15-3-6-21(16(2)13-15)32(30,31)26-10-7-22(28)27-11-8-17(9-12-27)23(29)18-4-5-19(24)20(25)14-18/h3-6,13-14,17,26H,7-12H2,1-2H3. The summed E-state index contributed by atoms with van der Waals surface area (Å²) in [7, 11) is -3.68. The lowest BCUT2D eigenvalue weighted by Crippen LogP contribution is -2.41. The van der Waals surface area contributed by atoms with Gasteiger partial charge in [0.1, 0.15) is 0 Å². The Morgan fingerprint density at radius 3 is 2.34 bits per heavy atom. The quantitative estimate of drug-likeness (QED) is 0.575. The van der Waals surface area contributed by atoms with Crippen molar-refractivity contribution in [1.29, 1.82) is 0 Å². The second-order valence-corrected chi connectivity index (χ2v) is 10.6. The third-order valence-corrected chi connectivity index (χ3v) is 8.03. The van der Waals surface area contributed by atoms with E-state index in [1.54, 1.807) is 42.2 Å². The number of carbonyl (C=O) groups is 2. The van der Waals surface area contributed by atoms with Crippen molar-refractivity contribution >= 4 is 44.9 Å². The average Bonchev–Trinajstić information content (AvgIpc) is 2.74. The topological polar surface area (TPSA) is 83.6 Å². The number of rotatable bonds is 7. The minimum Gasteiger partial charge on any atom is -0.343 e. The molecule has 0 bridgehead atoms. The van der Waals surface area contributed by atoms with Crippen LogP contribution >= 0.6 is 23.2 Å². The zero-order valence-electron chi connectivity index (χ0n) is 18.0. The van der Waals surface area contributed by atoms with Crippen LogP contribution in [0.2, 0.25) is 10.0 Å². The zero-order valence-corrected chi connectivity index (χ0v) is 20.4. The molecule has 2 aromatic carbocycles. The molecule has 1 fully saturated rings. The molecule has 1 heterocycles. The van der Waals surface area contributed by atoms with Crippen molar-refractivity contribution < 1.29 is 18.0 Å². The molecule has 6 nitrogen and oxygen atoms in total. The number of nitrogens with zero attached hydrogens (tertiary/aromatic N) is 1. The van der Waals surface area contributed by atoms with Gasteiger partial charge in [0, 0.05) is 37.5 Å². The first-order chi connectivity index (χ1) is 15.1. The Labute approximate surface area is 198 Å². The van der Waals surface area contributed by atoms with Gasteiger partial charge in [-0.2, -0.15) is 0 Å². The highest BCUT2D eigenvalue weighted by Crippen LogP contribution is 2.27. The van der Waals surface area contributed by atoms with Crippen LogP contribution in [0.4, 0.5) is 0 Å². The van der Waals surface area contributed by atoms with Gasteiger partial charge in [-0.05, 0) is 56.5 Å². The van der Waals surface area contributed by atoms with Crippen molar-refractivity contribution in [3.05, 3.63) is 63.1 Å². The first-order valence-corrected chi connectivity index (χ1v) is 12.7. The number of nitrogens with one attached hydrogen (secondary N) is 1. The molecule has 2 aromatic rings. The molecule has 9 heteroatoms. The highest BCUT2D eigenvalue weighted by atomic mass is 35.5. The van der Waals surface area contributed by atoms with E-state index in [1.165, 1.54) is 0 Å². The van der Waals surface area contributed by atoms with Gasteiger partial charge in [-0.15, -0.1) is 0 Å². The molecular formula is C23H26Cl2N2O4S. The molecule has 1 amide bonds. The Morgan fingerprint density at radius 2 is 1.72 bits per heavy atom. The van der Waals surface area contributed by atoms with Gasteiger partial charge in [-0.1, -0.05) is 40.9 Å². The second kappa shape index (κ2) is 10.3. The van der Waals surface area contributed by atoms with Gasteiger partial charge in [-0.25, -0.2) is 13.1 Å². The van der Waals surface area contributed by atoms with Gasteiger partial charge in [0.2, 0.25) is 15.9 Å². The molecule has 0 atom stereocenters.